The first-order chi connectivity index (χ1) is 9.74. The Morgan fingerprint density at radius 2 is 2.25 bits per heavy atom. The molecule has 0 aliphatic rings. The second kappa shape index (κ2) is 7.39. The molecule has 6 nitrogen and oxygen atoms in total. The zero-order valence-corrected chi connectivity index (χ0v) is 13.2. The van der Waals surface area contributed by atoms with Gasteiger partial charge < -0.3 is 4.90 Å². The van der Waals surface area contributed by atoms with Crippen LogP contribution in [0.2, 0.25) is 0 Å². The van der Waals surface area contributed by atoms with Crippen molar-refractivity contribution in [3.63, 3.8) is 0 Å². The van der Waals surface area contributed by atoms with Gasteiger partial charge in [-0.15, -0.1) is 16.4 Å². The van der Waals surface area contributed by atoms with Crippen molar-refractivity contribution in [1.29, 1.82) is 0 Å². The summed E-state index contributed by atoms with van der Waals surface area (Å²) in [6, 6.07) is 4.04. The summed E-state index contributed by atoms with van der Waals surface area (Å²) in [6.45, 7) is 6.07. The van der Waals surface area contributed by atoms with Gasteiger partial charge >= 0.3 is 0 Å². The standard InChI is InChI=1S/C12H17N5OS2/c1-3-16(4-2)11(18)9-20-12-13-14-15-17(12)8-10-6-5-7-19-10/h5-7H,3-4,8-9H2,1-2H3. The maximum absolute atomic E-state index is 12.0. The minimum atomic E-state index is 0.116. The largest absolute Gasteiger partial charge is 0.343 e. The lowest BCUT2D eigenvalue weighted by Crippen LogP contribution is -2.31. The van der Waals surface area contributed by atoms with Crippen molar-refractivity contribution in [3.05, 3.63) is 22.4 Å². The fourth-order valence-corrected chi connectivity index (χ4v) is 3.21. The number of amides is 1. The number of aromatic nitrogens is 4. The summed E-state index contributed by atoms with van der Waals surface area (Å²) in [4.78, 5) is 15.0. The predicted octanol–water partition coefficient (Wildman–Crippen LogP) is 1.74. The third-order valence-electron chi connectivity index (χ3n) is 2.83. The summed E-state index contributed by atoms with van der Waals surface area (Å²) in [5, 5.41) is 14.3. The second-order valence-corrected chi connectivity index (χ2v) is 6.03. The number of carbonyl (C=O) groups is 1. The molecule has 0 bridgehead atoms. The Morgan fingerprint density at radius 3 is 2.90 bits per heavy atom. The minimum absolute atomic E-state index is 0.116. The Bertz CT molecular complexity index is 536. The molecular formula is C12H17N5OS2. The van der Waals surface area contributed by atoms with Crippen molar-refractivity contribution in [2.24, 2.45) is 0 Å². The number of thioether (sulfide) groups is 1. The molecule has 0 saturated carbocycles. The highest BCUT2D eigenvalue weighted by molar-refractivity contribution is 7.99. The van der Waals surface area contributed by atoms with E-state index >= 15 is 0 Å². The molecule has 2 heterocycles. The van der Waals surface area contributed by atoms with E-state index in [4.69, 9.17) is 0 Å². The van der Waals surface area contributed by atoms with Crippen LogP contribution in [0.15, 0.2) is 22.7 Å². The van der Waals surface area contributed by atoms with Gasteiger partial charge in [0.2, 0.25) is 11.1 Å². The van der Waals surface area contributed by atoms with Crippen LogP contribution in [0, 0.1) is 0 Å². The topological polar surface area (TPSA) is 63.9 Å². The van der Waals surface area contributed by atoms with Gasteiger partial charge in [0, 0.05) is 18.0 Å². The van der Waals surface area contributed by atoms with E-state index < -0.39 is 0 Å². The van der Waals surface area contributed by atoms with Gasteiger partial charge in [-0.2, -0.15) is 0 Å². The van der Waals surface area contributed by atoms with Crippen molar-refractivity contribution in [2.45, 2.75) is 25.5 Å². The van der Waals surface area contributed by atoms with Crippen LogP contribution in [0.4, 0.5) is 0 Å². The SMILES string of the molecule is CCN(CC)C(=O)CSc1nnnn1Cc1cccs1. The molecule has 0 spiro atoms. The number of hydrogen-bond acceptors (Lipinski definition) is 6. The van der Waals surface area contributed by atoms with Crippen LogP contribution in [0.5, 0.6) is 0 Å². The van der Waals surface area contributed by atoms with E-state index in [1.807, 2.05) is 31.4 Å². The zero-order chi connectivity index (χ0) is 14.4. The smallest absolute Gasteiger partial charge is 0.233 e. The molecule has 2 aromatic heterocycles. The van der Waals surface area contributed by atoms with E-state index in [1.54, 1.807) is 20.9 Å². The van der Waals surface area contributed by atoms with Gasteiger partial charge in [-0.3, -0.25) is 4.79 Å². The van der Waals surface area contributed by atoms with Crippen molar-refractivity contribution >= 4 is 29.0 Å². The number of hydrogen-bond donors (Lipinski definition) is 0. The molecule has 1 amide bonds. The number of nitrogens with zero attached hydrogens (tertiary/aromatic N) is 5. The van der Waals surface area contributed by atoms with Crippen LogP contribution < -0.4 is 0 Å². The molecule has 8 heteroatoms. The number of thiophene rings is 1. The van der Waals surface area contributed by atoms with Gasteiger partial charge in [0.25, 0.3) is 0 Å². The molecule has 0 N–H and O–H groups in total. The van der Waals surface area contributed by atoms with E-state index in [0.29, 0.717) is 17.5 Å². The van der Waals surface area contributed by atoms with Crippen molar-refractivity contribution in [3.8, 4) is 0 Å². The van der Waals surface area contributed by atoms with Crippen molar-refractivity contribution in [1.82, 2.24) is 25.1 Å². The molecule has 0 saturated heterocycles. The molecule has 108 valence electrons. The molecule has 0 atom stereocenters. The third kappa shape index (κ3) is 3.80. The monoisotopic (exact) mass is 311 g/mol. The fourth-order valence-electron chi connectivity index (χ4n) is 1.74. The lowest BCUT2D eigenvalue weighted by atomic mass is 10.5. The molecule has 2 rings (SSSR count). The predicted molar refractivity (Wildman–Crippen MR) is 79.9 cm³/mol. The van der Waals surface area contributed by atoms with E-state index in [-0.39, 0.29) is 5.91 Å². The highest BCUT2D eigenvalue weighted by Gasteiger charge is 2.13. The summed E-state index contributed by atoms with van der Waals surface area (Å²) in [5.41, 5.74) is 0. The molecule has 20 heavy (non-hydrogen) atoms. The number of rotatable bonds is 7. The molecule has 0 fully saturated rings. The summed E-state index contributed by atoms with van der Waals surface area (Å²) in [5.74, 6) is 0.484. The molecule has 0 aliphatic carbocycles. The third-order valence-corrected chi connectivity index (χ3v) is 4.63. The van der Waals surface area contributed by atoms with E-state index in [2.05, 4.69) is 15.5 Å². The lowest BCUT2D eigenvalue weighted by Gasteiger charge is -2.17. The Labute approximate surface area is 126 Å². The lowest BCUT2D eigenvalue weighted by molar-refractivity contribution is -0.127. The molecule has 0 radical (unpaired) electrons. The fraction of sp³-hybridized carbons (Fsp3) is 0.500. The normalized spacial score (nSPS) is 10.7. The van der Waals surface area contributed by atoms with Gasteiger partial charge in [-0.05, 0) is 35.7 Å². The van der Waals surface area contributed by atoms with Crippen LogP contribution in [-0.2, 0) is 11.3 Å². The van der Waals surface area contributed by atoms with Crippen LogP contribution in [-0.4, -0.2) is 49.9 Å². The van der Waals surface area contributed by atoms with Gasteiger partial charge in [0.15, 0.2) is 0 Å². The van der Waals surface area contributed by atoms with Gasteiger partial charge in [-0.25, -0.2) is 4.68 Å². The summed E-state index contributed by atoms with van der Waals surface area (Å²) in [6.07, 6.45) is 0. The van der Waals surface area contributed by atoms with Crippen LogP contribution in [0.3, 0.4) is 0 Å². The van der Waals surface area contributed by atoms with Crippen molar-refractivity contribution in [2.75, 3.05) is 18.8 Å². The summed E-state index contributed by atoms with van der Waals surface area (Å²) >= 11 is 3.05. The zero-order valence-electron chi connectivity index (χ0n) is 11.5. The van der Waals surface area contributed by atoms with E-state index in [0.717, 1.165) is 13.1 Å². The first-order valence-electron chi connectivity index (χ1n) is 6.43. The average molecular weight is 311 g/mol. The number of tetrazole rings is 1. The molecule has 0 aromatic carbocycles. The Kier molecular flexibility index (Phi) is 5.54. The summed E-state index contributed by atoms with van der Waals surface area (Å²) in [7, 11) is 0. The second-order valence-electron chi connectivity index (χ2n) is 4.05. The quantitative estimate of drug-likeness (QED) is 0.729. The molecular weight excluding hydrogens is 294 g/mol. The first kappa shape index (κ1) is 15.0. The maximum Gasteiger partial charge on any atom is 0.233 e. The highest BCUT2D eigenvalue weighted by atomic mass is 32.2. The van der Waals surface area contributed by atoms with Gasteiger partial charge in [-0.1, -0.05) is 17.8 Å². The average Bonchev–Trinajstić information content (AvgIpc) is 3.10. The Hall–Kier alpha value is -1.41. The molecule has 0 aliphatic heterocycles. The van der Waals surface area contributed by atoms with E-state index in [1.165, 1.54) is 16.6 Å². The molecule has 2 aromatic rings. The summed E-state index contributed by atoms with van der Waals surface area (Å²) < 4.78 is 1.73. The van der Waals surface area contributed by atoms with E-state index in [9.17, 15) is 4.79 Å². The van der Waals surface area contributed by atoms with Crippen molar-refractivity contribution < 1.29 is 4.79 Å². The van der Waals surface area contributed by atoms with Gasteiger partial charge in [0.05, 0.1) is 12.3 Å². The Balaban J connectivity index is 1.94. The van der Waals surface area contributed by atoms with Crippen LogP contribution >= 0.6 is 23.1 Å². The minimum Gasteiger partial charge on any atom is -0.343 e. The maximum atomic E-state index is 12.0. The molecule has 0 unspecified atom stereocenters. The highest BCUT2D eigenvalue weighted by Crippen LogP contribution is 2.17. The first-order valence-corrected chi connectivity index (χ1v) is 8.30. The van der Waals surface area contributed by atoms with Gasteiger partial charge in [0.1, 0.15) is 0 Å². The van der Waals surface area contributed by atoms with Crippen LogP contribution in [0.25, 0.3) is 0 Å². The Morgan fingerprint density at radius 1 is 1.45 bits per heavy atom. The van der Waals surface area contributed by atoms with Crippen LogP contribution in [0.1, 0.15) is 18.7 Å². The number of carbonyl (C=O) groups excluding carboxylic acids is 1.